The zero-order valence-corrected chi connectivity index (χ0v) is 19.5. The van der Waals surface area contributed by atoms with Crippen LogP contribution in [0.3, 0.4) is 0 Å². The van der Waals surface area contributed by atoms with Gasteiger partial charge in [0.25, 0.3) is 0 Å². The van der Waals surface area contributed by atoms with E-state index < -0.39 is 10.0 Å². The molecule has 2 heterocycles. The molecule has 1 saturated heterocycles. The molecular formula is C24H30N2O3S2. The minimum Gasteiger partial charge on any atom is -0.334 e. The maximum Gasteiger partial charge on any atom is 0.243 e. The Kier molecular flexibility index (Phi) is 5.92. The summed E-state index contributed by atoms with van der Waals surface area (Å²) in [6.45, 7) is 1.54. The van der Waals surface area contributed by atoms with Crippen molar-refractivity contribution in [1.29, 1.82) is 0 Å². The van der Waals surface area contributed by atoms with Gasteiger partial charge in [0.05, 0.1) is 11.4 Å². The molecule has 3 aliphatic rings. The summed E-state index contributed by atoms with van der Waals surface area (Å²) in [5.41, 5.74) is 2.48. The van der Waals surface area contributed by atoms with Gasteiger partial charge >= 0.3 is 0 Å². The van der Waals surface area contributed by atoms with E-state index in [1.54, 1.807) is 21.7 Å². The van der Waals surface area contributed by atoms with Crippen LogP contribution in [-0.2, 0) is 34.2 Å². The first-order valence-corrected chi connectivity index (χ1v) is 13.8. The van der Waals surface area contributed by atoms with Gasteiger partial charge in [-0.3, -0.25) is 4.79 Å². The summed E-state index contributed by atoms with van der Waals surface area (Å²) in [6, 6.07) is 10.1. The molecule has 1 aromatic carbocycles. The molecular weight excluding hydrogens is 428 g/mol. The highest BCUT2D eigenvalue weighted by molar-refractivity contribution is 7.89. The van der Waals surface area contributed by atoms with E-state index in [-0.39, 0.29) is 11.8 Å². The van der Waals surface area contributed by atoms with Crippen LogP contribution in [0.4, 0.5) is 0 Å². The van der Waals surface area contributed by atoms with Crippen molar-refractivity contribution in [3.63, 3.8) is 0 Å². The maximum absolute atomic E-state index is 13.3. The van der Waals surface area contributed by atoms with Gasteiger partial charge in [-0.2, -0.15) is 4.31 Å². The summed E-state index contributed by atoms with van der Waals surface area (Å²) >= 11 is 1.69. The molecule has 0 radical (unpaired) electrons. The number of rotatable bonds is 6. The first-order valence-electron chi connectivity index (χ1n) is 11.5. The molecule has 1 amide bonds. The molecule has 0 atom stereocenters. The summed E-state index contributed by atoms with van der Waals surface area (Å²) in [5.74, 6) is 0.136. The average Bonchev–Trinajstić information content (AvgIpc) is 3.51. The number of piperidine rings is 1. The molecule has 0 spiro atoms. The second-order valence-electron chi connectivity index (χ2n) is 9.09. The van der Waals surface area contributed by atoms with Crippen molar-refractivity contribution in [2.24, 2.45) is 5.92 Å². The molecule has 0 unspecified atom stereocenters. The number of fused-ring (bicyclic) bond motifs is 1. The molecule has 5 rings (SSSR count). The average molecular weight is 459 g/mol. The summed E-state index contributed by atoms with van der Waals surface area (Å²) in [6.07, 6.45) is 7.72. The molecule has 5 nitrogen and oxygen atoms in total. The van der Waals surface area contributed by atoms with Crippen molar-refractivity contribution in [2.45, 2.75) is 68.8 Å². The van der Waals surface area contributed by atoms with Gasteiger partial charge in [-0.05, 0) is 86.1 Å². The molecule has 1 aliphatic heterocycles. The number of thiophene rings is 1. The van der Waals surface area contributed by atoms with Gasteiger partial charge in [0.1, 0.15) is 0 Å². The van der Waals surface area contributed by atoms with Gasteiger partial charge in [0.15, 0.2) is 0 Å². The van der Waals surface area contributed by atoms with E-state index >= 15 is 0 Å². The van der Waals surface area contributed by atoms with Crippen LogP contribution in [0.25, 0.3) is 0 Å². The monoisotopic (exact) mass is 458 g/mol. The summed E-state index contributed by atoms with van der Waals surface area (Å²) in [7, 11) is -3.50. The van der Waals surface area contributed by atoms with E-state index in [1.165, 1.54) is 22.4 Å². The van der Waals surface area contributed by atoms with Crippen molar-refractivity contribution in [3.05, 3.63) is 51.7 Å². The zero-order valence-electron chi connectivity index (χ0n) is 17.8. The number of hydrogen-bond donors (Lipinski definition) is 0. The second kappa shape index (κ2) is 8.68. The Hall–Kier alpha value is -1.70. The highest BCUT2D eigenvalue weighted by Crippen LogP contribution is 2.33. The number of benzene rings is 1. The molecule has 31 heavy (non-hydrogen) atoms. The van der Waals surface area contributed by atoms with E-state index in [2.05, 4.69) is 11.4 Å². The van der Waals surface area contributed by atoms with E-state index in [9.17, 15) is 13.2 Å². The normalized spacial score (nSPS) is 20.4. The SMILES string of the molecule is O=C(C1CCN(S(=O)(=O)c2ccc3c(c2)CCCC3)CC1)N(Cc1cccs1)C1CC1. The predicted octanol–water partition coefficient (Wildman–Crippen LogP) is 4.22. The Morgan fingerprint density at radius 2 is 1.77 bits per heavy atom. The molecule has 7 heteroatoms. The smallest absolute Gasteiger partial charge is 0.243 e. The van der Waals surface area contributed by atoms with Crippen molar-refractivity contribution in [2.75, 3.05) is 13.1 Å². The van der Waals surface area contributed by atoms with Crippen LogP contribution in [0.15, 0.2) is 40.6 Å². The number of carbonyl (C=O) groups is 1. The van der Waals surface area contributed by atoms with Gasteiger partial charge in [-0.15, -0.1) is 11.3 Å². The van der Waals surface area contributed by atoms with Crippen molar-refractivity contribution < 1.29 is 13.2 Å². The van der Waals surface area contributed by atoms with Crippen molar-refractivity contribution >= 4 is 27.3 Å². The molecule has 0 N–H and O–H groups in total. The lowest BCUT2D eigenvalue weighted by molar-refractivity contribution is -0.138. The number of nitrogens with zero attached hydrogens (tertiary/aromatic N) is 2. The lowest BCUT2D eigenvalue weighted by Gasteiger charge is -2.34. The largest absolute Gasteiger partial charge is 0.334 e. The number of sulfonamides is 1. The van der Waals surface area contributed by atoms with Gasteiger partial charge in [0.2, 0.25) is 15.9 Å². The van der Waals surface area contributed by atoms with Crippen LogP contribution >= 0.6 is 11.3 Å². The Balaban J connectivity index is 1.24. The Morgan fingerprint density at radius 1 is 1.03 bits per heavy atom. The number of amides is 1. The third kappa shape index (κ3) is 4.45. The first kappa shape index (κ1) is 21.2. The zero-order chi connectivity index (χ0) is 21.4. The first-order chi connectivity index (χ1) is 15.0. The quantitative estimate of drug-likeness (QED) is 0.651. The second-order valence-corrected chi connectivity index (χ2v) is 12.1. The predicted molar refractivity (Wildman–Crippen MR) is 122 cm³/mol. The molecule has 1 aromatic heterocycles. The summed E-state index contributed by atoms with van der Waals surface area (Å²) in [5, 5.41) is 2.05. The van der Waals surface area contributed by atoms with E-state index in [0.717, 1.165) is 32.1 Å². The van der Waals surface area contributed by atoms with Crippen LogP contribution in [0, 0.1) is 5.92 Å². The van der Waals surface area contributed by atoms with Gasteiger partial charge < -0.3 is 4.90 Å². The summed E-state index contributed by atoms with van der Waals surface area (Å²) in [4.78, 5) is 16.9. The minimum atomic E-state index is -3.50. The molecule has 2 aromatic rings. The third-order valence-electron chi connectivity index (χ3n) is 6.94. The Morgan fingerprint density at radius 3 is 2.45 bits per heavy atom. The van der Waals surface area contributed by atoms with Crippen LogP contribution in [-0.4, -0.2) is 42.7 Å². The van der Waals surface area contributed by atoms with Gasteiger partial charge in [-0.25, -0.2) is 8.42 Å². The van der Waals surface area contributed by atoms with Crippen LogP contribution in [0.1, 0.15) is 54.5 Å². The molecule has 1 saturated carbocycles. The molecule has 0 bridgehead atoms. The van der Waals surface area contributed by atoms with E-state index in [4.69, 9.17) is 0 Å². The van der Waals surface area contributed by atoms with Crippen molar-refractivity contribution in [3.8, 4) is 0 Å². The summed E-state index contributed by atoms with van der Waals surface area (Å²) < 4.78 is 28.1. The highest BCUT2D eigenvalue weighted by Gasteiger charge is 2.38. The molecule has 166 valence electrons. The fraction of sp³-hybridized carbons (Fsp3) is 0.542. The van der Waals surface area contributed by atoms with E-state index in [0.29, 0.717) is 43.4 Å². The molecule has 2 fully saturated rings. The number of carbonyl (C=O) groups excluding carboxylic acids is 1. The number of aryl methyl sites for hydroxylation is 2. The van der Waals surface area contributed by atoms with Crippen LogP contribution in [0.2, 0.25) is 0 Å². The molecule has 2 aliphatic carbocycles. The van der Waals surface area contributed by atoms with E-state index in [1.807, 2.05) is 23.1 Å². The number of hydrogen-bond acceptors (Lipinski definition) is 4. The Labute approximate surface area is 189 Å². The van der Waals surface area contributed by atoms with Crippen LogP contribution < -0.4 is 0 Å². The van der Waals surface area contributed by atoms with Crippen LogP contribution in [0.5, 0.6) is 0 Å². The van der Waals surface area contributed by atoms with Crippen molar-refractivity contribution in [1.82, 2.24) is 9.21 Å². The van der Waals surface area contributed by atoms with Gasteiger partial charge in [-0.1, -0.05) is 12.1 Å². The highest BCUT2D eigenvalue weighted by atomic mass is 32.2. The minimum absolute atomic E-state index is 0.0736. The lowest BCUT2D eigenvalue weighted by Crippen LogP contribution is -2.44. The fourth-order valence-corrected chi connectivity index (χ4v) is 7.16. The van der Waals surface area contributed by atoms with Gasteiger partial charge in [0, 0.05) is 29.9 Å². The topological polar surface area (TPSA) is 57.7 Å². The maximum atomic E-state index is 13.3. The Bertz CT molecular complexity index is 1040. The third-order valence-corrected chi connectivity index (χ3v) is 9.69. The fourth-order valence-electron chi connectivity index (χ4n) is 4.94. The standard InChI is InChI=1S/C24H30N2O3S2/c27-24(26(21-8-9-21)17-22-6-3-15-30-22)19-11-13-25(14-12-19)31(28,29)23-10-7-18-4-1-2-5-20(18)16-23/h3,6-7,10,15-16,19,21H,1-2,4-5,8-9,11-14,17H2. The lowest BCUT2D eigenvalue weighted by atomic mass is 9.92.